The molecule has 0 saturated heterocycles. The number of allylic oxidation sites excluding steroid dienone is 15. The van der Waals surface area contributed by atoms with Gasteiger partial charge in [-0.2, -0.15) is 0 Å². The molecule has 0 fully saturated rings. The van der Waals surface area contributed by atoms with Crippen molar-refractivity contribution in [1.82, 2.24) is 0 Å². The molecule has 0 amide bonds. The van der Waals surface area contributed by atoms with Gasteiger partial charge in [0.1, 0.15) is 0 Å². The Hall–Kier alpha value is -2.41. The lowest BCUT2D eigenvalue weighted by Gasteiger charge is -2.37. The minimum Gasteiger partial charge on any atom is -0.257 e. The Morgan fingerprint density at radius 3 is 2.61 bits per heavy atom. The van der Waals surface area contributed by atoms with Crippen LogP contribution in [0.2, 0.25) is 0 Å². The molecule has 5 aliphatic rings. The van der Waals surface area contributed by atoms with Crippen molar-refractivity contribution in [1.29, 1.82) is 0 Å². The van der Waals surface area contributed by atoms with Gasteiger partial charge in [-0.05, 0) is 79.6 Å². The fourth-order valence-electron chi connectivity index (χ4n) is 6.40. The minimum absolute atomic E-state index is 0.0373. The van der Waals surface area contributed by atoms with Gasteiger partial charge in [-0.15, -0.1) is 0 Å². The topological polar surface area (TPSA) is 12.4 Å². The molecule has 5 rings (SSSR count). The smallest absolute Gasteiger partial charge is 0.0622 e. The molecule has 1 nitrogen and oxygen atoms in total. The Bertz CT molecular complexity index is 1090. The summed E-state index contributed by atoms with van der Waals surface area (Å²) in [6.07, 6.45) is 32.1. The number of rotatable bonds is 5. The Morgan fingerprint density at radius 2 is 1.82 bits per heavy atom. The van der Waals surface area contributed by atoms with Crippen molar-refractivity contribution >= 4 is 5.71 Å². The van der Waals surface area contributed by atoms with Gasteiger partial charge in [-0.3, -0.25) is 4.99 Å². The van der Waals surface area contributed by atoms with Crippen LogP contribution in [0.25, 0.3) is 0 Å². The molecule has 33 heavy (non-hydrogen) atoms. The fourth-order valence-corrected chi connectivity index (χ4v) is 6.40. The van der Waals surface area contributed by atoms with Crippen LogP contribution in [0.15, 0.2) is 99.3 Å². The molecule has 0 radical (unpaired) electrons. The van der Waals surface area contributed by atoms with Crippen LogP contribution in [0.3, 0.4) is 0 Å². The first kappa shape index (κ1) is 22.4. The van der Waals surface area contributed by atoms with Gasteiger partial charge in [-0.25, -0.2) is 0 Å². The average Bonchev–Trinajstić information content (AvgIpc) is 3.25. The molecule has 4 atom stereocenters. The van der Waals surface area contributed by atoms with Crippen LogP contribution in [-0.4, -0.2) is 5.71 Å². The predicted octanol–water partition coefficient (Wildman–Crippen LogP) is 8.77. The maximum absolute atomic E-state index is 5.21. The summed E-state index contributed by atoms with van der Waals surface area (Å²) in [5.41, 5.74) is 10.1. The van der Waals surface area contributed by atoms with Crippen LogP contribution in [0.1, 0.15) is 72.6 Å². The molecule has 0 aromatic heterocycles. The molecule has 1 aliphatic heterocycles. The van der Waals surface area contributed by atoms with E-state index in [-0.39, 0.29) is 5.41 Å². The third-order valence-corrected chi connectivity index (χ3v) is 8.86. The van der Waals surface area contributed by atoms with Gasteiger partial charge in [-0.1, -0.05) is 87.1 Å². The Balaban J connectivity index is 1.53. The van der Waals surface area contributed by atoms with Gasteiger partial charge in [0, 0.05) is 23.5 Å². The average molecular weight is 438 g/mol. The highest BCUT2D eigenvalue weighted by molar-refractivity contribution is 5.98. The molecule has 4 unspecified atom stereocenters. The second kappa shape index (κ2) is 9.09. The zero-order valence-corrected chi connectivity index (χ0v) is 20.9. The third kappa shape index (κ3) is 4.05. The van der Waals surface area contributed by atoms with E-state index in [1.165, 1.54) is 47.4 Å². The van der Waals surface area contributed by atoms with E-state index in [2.05, 4.69) is 88.5 Å². The number of aliphatic imine (C=N–C) groups is 1. The first-order chi connectivity index (χ1) is 16.0. The van der Waals surface area contributed by atoms with Crippen molar-refractivity contribution in [3.8, 4) is 0 Å². The largest absolute Gasteiger partial charge is 0.257 e. The van der Waals surface area contributed by atoms with Gasteiger partial charge >= 0.3 is 0 Å². The van der Waals surface area contributed by atoms with Crippen molar-refractivity contribution in [3.63, 3.8) is 0 Å². The monoisotopic (exact) mass is 437 g/mol. The SMILES string of the molecule is CCC(CC1=CCCC=C1C)C1=C2C=CC=CC2C(C)C(C)(C2=NC3=CCCC=C3C2)C=C1. The van der Waals surface area contributed by atoms with Crippen LogP contribution in [0.4, 0.5) is 0 Å². The van der Waals surface area contributed by atoms with E-state index < -0.39 is 0 Å². The fraction of sp³-hybridized carbons (Fsp3) is 0.469. The van der Waals surface area contributed by atoms with Crippen LogP contribution in [0, 0.1) is 23.2 Å². The maximum atomic E-state index is 5.21. The number of fused-ring (bicyclic) bond motifs is 2. The number of hydrogen-bond donors (Lipinski definition) is 0. The molecular weight excluding hydrogens is 398 g/mol. The highest BCUT2D eigenvalue weighted by atomic mass is 14.8. The molecule has 0 spiro atoms. The van der Waals surface area contributed by atoms with Crippen molar-refractivity contribution in [2.75, 3.05) is 0 Å². The van der Waals surface area contributed by atoms with E-state index in [9.17, 15) is 0 Å². The highest BCUT2D eigenvalue weighted by Crippen LogP contribution is 2.49. The lowest BCUT2D eigenvalue weighted by Crippen LogP contribution is -2.35. The molecule has 172 valence electrons. The number of nitrogens with zero attached hydrogens (tertiary/aromatic N) is 1. The summed E-state index contributed by atoms with van der Waals surface area (Å²) in [4.78, 5) is 5.21. The van der Waals surface area contributed by atoms with Gasteiger partial charge in [0.25, 0.3) is 0 Å². The van der Waals surface area contributed by atoms with E-state index in [4.69, 9.17) is 4.99 Å². The quantitative estimate of drug-likeness (QED) is 0.407. The van der Waals surface area contributed by atoms with Crippen LogP contribution in [-0.2, 0) is 0 Å². The van der Waals surface area contributed by atoms with Crippen LogP contribution < -0.4 is 0 Å². The second-order valence-electron chi connectivity index (χ2n) is 10.7. The van der Waals surface area contributed by atoms with Crippen molar-refractivity contribution < 1.29 is 0 Å². The van der Waals surface area contributed by atoms with Crippen LogP contribution in [0.5, 0.6) is 0 Å². The molecule has 1 heteroatoms. The molecule has 0 aromatic rings. The molecule has 0 N–H and O–H groups in total. The first-order valence-corrected chi connectivity index (χ1v) is 13.1. The zero-order valence-electron chi connectivity index (χ0n) is 20.9. The summed E-state index contributed by atoms with van der Waals surface area (Å²) in [6, 6.07) is 0. The summed E-state index contributed by atoms with van der Waals surface area (Å²) in [5, 5.41) is 0. The van der Waals surface area contributed by atoms with Crippen molar-refractivity contribution in [2.45, 2.75) is 72.6 Å². The highest BCUT2D eigenvalue weighted by Gasteiger charge is 2.43. The van der Waals surface area contributed by atoms with Crippen molar-refractivity contribution in [2.24, 2.45) is 28.2 Å². The minimum atomic E-state index is -0.0373. The summed E-state index contributed by atoms with van der Waals surface area (Å²) < 4.78 is 0. The lowest BCUT2D eigenvalue weighted by atomic mass is 9.66. The van der Waals surface area contributed by atoms with E-state index in [1.807, 2.05) is 0 Å². The lowest BCUT2D eigenvalue weighted by molar-refractivity contribution is 0.325. The molecule has 4 aliphatic carbocycles. The third-order valence-electron chi connectivity index (χ3n) is 8.86. The zero-order chi connectivity index (χ0) is 23.0. The second-order valence-corrected chi connectivity index (χ2v) is 10.7. The normalized spacial score (nSPS) is 31.7. The van der Waals surface area contributed by atoms with E-state index in [0.717, 1.165) is 25.7 Å². The summed E-state index contributed by atoms with van der Waals surface area (Å²) in [5.74, 6) is 1.45. The molecular formula is C32H39N. The standard InChI is InChI=1S/C32H39N/c1-5-24(20-25-13-7-6-12-22(25)2)28-18-19-32(4,23(3)27-15-9-10-16-29(27)28)31-21-26-14-8-11-17-30(26)33-31/h9-10,12-19,23-24,27H,5-8,11,20-21H2,1-4H3. The van der Waals surface area contributed by atoms with Crippen molar-refractivity contribution in [3.05, 3.63) is 94.3 Å². The van der Waals surface area contributed by atoms with Gasteiger partial charge in [0.2, 0.25) is 0 Å². The van der Waals surface area contributed by atoms with Gasteiger partial charge in [0.05, 0.1) is 5.70 Å². The Morgan fingerprint density at radius 1 is 1.03 bits per heavy atom. The molecule has 1 heterocycles. The molecule has 0 saturated carbocycles. The van der Waals surface area contributed by atoms with E-state index in [0.29, 0.717) is 17.8 Å². The first-order valence-electron chi connectivity index (χ1n) is 13.1. The van der Waals surface area contributed by atoms with E-state index >= 15 is 0 Å². The maximum Gasteiger partial charge on any atom is 0.0622 e. The Labute approximate surface area is 200 Å². The number of hydrogen-bond acceptors (Lipinski definition) is 1. The predicted molar refractivity (Wildman–Crippen MR) is 142 cm³/mol. The molecule has 0 aromatic carbocycles. The summed E-state index contributed by atoms with van der Waals surface area (Å²) in [7, 11) is 0. The van der Waals surface area contributed by atoms with Gasteiger partial charge in [0.15, 0.2) is 0 Å². The van der Waals surface area contributed by atoms with E-state index in [1.54, 1.807) is 11.1 Å². The van der Waals surface area contributed by atoms with Crippen LogP contribution >= 0.6 is 0 Å². The summed E-state index contributed by atoms with van der Waals surface area (Å²) >= 11 is 0. The summed E-state index contributed by atoms with van der Waals surface area (Å²) in [6.45, 7) is 9.55. The van der Waals surface area contributed by atoms with Gasteiger partial charge < -0.3 is 0 Å². The Kier molecular flexibility index (Phi) is 6.16. The molecule has 0 bridgehead atoms.